The summed E-state index contributed by atoms with van der Waals surface area (Å²) >= 11 is 0. The molecule has 1 aliphatic heterocycles. The highest BCUT2D eigenvalue weighted by molar-refractivity contribution is 5.93. The van der Waals surface area contributed by atoms with E-state index in [1.165, 1.54) is 4.90 Å². The molecule has 2 aromatic rings. The van der Waals surface area contributed by atoms with E-state index in [1.54, 1.807) is 0 Å². The Morgan fingerprint density at radius 3 is 2.73 bits per heavy atom. The lowest BCUT2D eigenvalue weighted by Gasteiger charge is -2.28. The van der Waals surface area contributed by atoms with E-state index >= 15 is 0 Å². The number of fused-ring (bicyclic) bond motifs is 1. The van der Waals surface area contributed by atoms with Gasteiger partial charge in [0.1, 0.15) is 12.1 Å². The van der Waals surface area contributed by atoms with Gasteiger partial charge in [0.25, 0.3) is 0 Å². The van der Waals surface area contributed by atoms with Gasteiger partial charge < -0.3 is 26.0 Å². The van der Waals surface area contributed by atoms with Crippen molar-refractivity contribution in [2.75, 3.05) is 6.54 Å². The predicted octanol–water partition coefficient (Wildman–Crippen LogP) is 1.64. The van der Waals surface area contributed by atoms with Crippen LogP contribution in [0.3, 0.4) is 0 Å². The van der Waals surface area contributed by atoms with Crippen LogP contribution in [0.25, 0.3) is 10.9 Å². The van der Waals surface area contributed by atoms with Crippen molar-refractivity contribution in [2.24, 2.45) is 11.7 Å². The van der Waals surface area contributed by atoms with Gasteiger partial charge in [0.15, 0.2) is 0 Å². The van der Waals surface area contributed by atoms with Crippen molar-refractivity contribution in [3.05, 3.63) is 36.0 Å². The number of carboxylic acids is 1. The molecule has 2 amide bonds. The number of benzene rings is 1. The molecule has 3 rings (SSSR count). The van der Waals surface area contributed by atoms with Crippen LogP contribution in [0.15, 0.2) is 30.5 Å². The van der Waals surface area contributed by atoms with E-state index in [-0.39, 0.29) is 11.8 Å². The van der Waals surface area contributed by atoms with Gasteiger partial charge in [-0.15, -0.1) is 0 Å². The molecule has 0 bridgehead atoms. The topological polar surface area (TPSA) is 129 Å². The third-order valence-electron chi connectivity index (χ3n) is 5.59. The number of hydrogen-bond acceptors (Lipinski definition) is 4. The van der Waals surface area contributed by atoms with Crippen molar-refractivity contribution < 1.29 is 19.5 Å². The predicted molar refractivity (Wildman–Crippen MR) is 114 cm³/mol. The summed E-state index contributed by atoms with van der Waals surface area (Å²) < 4.78 is 0. The number of carbonyl (C=O) groups is 3. The van der Waals surface area contributed by atoms with E-state index < -0.39 is 30.0 Å². The second kappa shape index (κ2) is 9.30. The van der Waals surface area contributed by atoms with Crippen LogP contribution < -0.4 is 11.1 Å². The highest BCUT2D eigenvalue weighted by Gasteiger charge is 2.37. The first-order valence-electron chi connectivity index (χ1n) is 10.4. The molecule has 0 aliphatic carbocycles. The maximum absolute atomic E-state index is 13.0. The average molecular weight is 415 g/mol. The number of nitrogens with one attached hydrogen (secondary N) is 2. The summed E-state index contributed by atoms with van der Waals surface area (Å²) in [5, 5.41) is 13.0. The average Bonchev–Trinajstić information content (AvgIpc) is 3.34. The maximum Gasteiger partial charge on any atom is 0.326 e. The molecule has 1 aromatic carbocycles. The van der Waals surface area contributed by atoms with Gasteiger partial charge in [-0.05, 0) is 43.2 Å². The number of H-pyrrole nitrogens is 1. The first kappa shape index (κ1) is 21.8. The Labute approximate surface area is 175 Å². The zero-order valence-corrected chi connectivity index (χ0v) is 17.4. The molecular formula is C22H30N4O4. The Hall–Kier alpha value is -2.87. The molecule has 5 N–H and O–H groups in total. The smallest absolute Gasteiger partial charge is 0.326 e. The van der Waals surface area contributed by atoms with E-state index in [9.17, 15) is 19.5 Å². The molecule has 0 spiro atoms. The number of rotatable bonds is 8. The Kier molecular flexibility index (Phi) is 6.77. The Balaban J connectivity index is 1.67. The van der Waals surface area contributed by atoms with Crippen molar-refractivity contribution in [1.82, 2.24) is 15.2 Å². The van der Waals surface area contributed by atoms with Gasteiger partial charge in [-0.1, -0.05) is 32.0 Å². The van der Waals surface area contributed by atoms with Gasteiger partial charge in [-0.25, -0.2) is 4.79 Å². The van der Waals surface area contributed by atoms with Crippen molar-refractivity contribution in [3.63, 3.8) is 0 Å². The minimum Gasteiger partial charge on any atom is -0.480 e. The number of amides is 2. The van der Waals surface area contributed by atoms with Crippen LogP contribution in [0.2, 0.25) is 0 Å². The number of hydrogen-bond donors (Lipinski definition) is 4. The second-order valence-corrected chi connectivity index (χ2v) is 8.39. The minimum absolute atomic E-state index is 0.123. The number of para-hydroxylation sites is 1. The van der Waals surface area contributed by atoms with Crippen LogP contribution in [-0.4, -0.2) is 57.4 Å². The number of likely N-dealkylation sites (tertiary alicyclic amines) is 1. The van der Waals surface area contributed by atoms with Gasteiger partial charge in [-0.2, -0.15) is 0 Å². The van der Waals surface area contributed by atoms with Crippen LogP contribution in [0.5, 0.6) is 0 Å². The molecule has 0 saturated carbocycles. The van der Waals surface area contributed by atoms with Gasteiger partial charge in [0, 0.05) is 23.6 Å². The van der Waals surface area contributed by atoms with Crippen LogP contribution in [0.4, 0.5) is 0 Å². The number of carboxylic acid groups (broad SMARTS) is 1. The molecule has 0 unspecified atom stereocenters. The lowest BCUT2D eigenvalue weighted by molar-refractivity contribution is -0.144. The fourth-order valence-corrected chi connectivity index (χ4v) is 4.10. The highest BCUT2D eigenvalue weighted by Crippen LogP contribution is 2.22. The Morgan fingerprint density at radius 1 is 1.30 bits per heavy atom. The fraction of sp³-hybridized carbons (Fsp3) is 0.500. The van der Waals surface area contributed by atoms with E-state index in [0.717, 1.165) is 16.5 Å². The summed E-state index contributed by atoms with van der Waals surface area (Å²) in [6.45, 7) is 4.24. The van der Waals surface area contributed by atoms with E-state index in [0.29, 0.717) is 32.2 Å². The largest absolute Gasteiger partial charge is 0.480 e. The number of carbonyl (C=O) groups excluding carboxylic acids is 2. The first-order valence-corrected chi connectivity index (χ1v) is 10.4. The maximum atomic E-state index is 13.0. The second-order valence-electron chi connectivity index (χ2n) is 8.39. The van der Waals surface area contributed by atoms with E-state index in [1.807, 2.05) is 44.3 Å². The third-order valence-corrected chi connectivity index (χ3v) is 5.59. The standard InChI is InChI=1S/C22H30N4O4/c1-13(2)10-18(22(29)30)25-20(27)19-8-5-9-26(19)21(28)16(23)11-14-12-24-17-7-4-3-6-15(14)17/h3-4,6-7,12-13,16,18-19,24H,5,8-11,23H2,1-2H3,(H,25,27)(H,29,30)/t16-,18-,19-/m0/s1. The van der Waals surface area contributed by atoms with Crippen LogP contribution in [0, 0.1) is 5.92 Å². The molecule has 0 radical (unpaired) electrons. The molecule has 3 atom stereocenters. The van der Waals surface area contributed by atoms with Crippen LogP contribution in [0.1, 0.15) is 38.7 Å². The number of aromatic amines is 1. The molecule has 1 aromatic heterocycles. The minimum atomic E-state index is -1.07. The molecular weight excluding hydrogens is 384 g/mol. The summed E-state index contributed by atoms with van der Waals surface area (Å²) in [5.41, 5.74) is 8.16. The normalized spacial score (nSPS) is 18.5. The van der Waals surface area contributed by atoms with E-state index in [2.05, 4.69) is 10.3 Å². The van der Waals surface area contributed by atoms with Crippen molar-refractivity contribution in [2.45, 2.75) is 57.7 Å². The molecule has 1 aliphatic rings. The summed E-state index contributed by atoms with van der Waals surface area (Å²) in [6, 6.07) is 5.39. The lowest BCUT2D eigenvalue weighted by Crippen LogP contribution is -2.54. The molecule has 1 fully saturated rings. The lowest BCUT2D eigenvalue weighted by atomic mass is 10.0. The molecule has 1 saturated heterocycles. The van der Waals surface area contributed by atoms with Crippen molar-refractivity contribution >= 4 is 28.7 Å². The summed E-state index contributed by atoms with van der Waals surface area (Å²) in [5.74, 6) is -1.65. The van der Waals surface area contributed by atoms with Crippen LogP contribution in [-0.2, 0) is 20.8 Å². The number of nitrogens with zero attached hydrogens (tertiary/aromatic N) is 1. The summed E-state index contributed by atoms with van der Waals surface area (Å²) in [7, 11) is 0. The molecule has 8 nitrogen and oxygen atoms in total. The van der Waals surface area contributed by atoms with Gasteiger partial charge in [0.05, 0.1) is 6.04 Å². The number of aliphatic carboxylic acids is 1. The third kappa shape index (κ3) is 4.81. The SMILES string of the molecule is CC(C)C[C@H](NC(=O)[C@@H]1CCCN1C(=O)[C@@H](N)Cc1c[nH]c2ccccc12)C(=O)O. The molecule has 2 heterocycles. The van der Waals surface area contributed by atoms with Gasteiger partial charge in [-0.3, -0.25) is 9.59 Å². The number of aromatic nitrogens is 1. The Morgan fingerprint density at radius 2 is 2.03 bits per heavy atom. The molecule has 162 valence electrons. The first-order chi connectivity index (χ1) is 14.3. The fourth-order valence-electron chi connectivity index (χ4n) is 4.10. The Bertz CT molecular complexity index is 923. The number of nitrogens with two attached hydrogens (primary N) is 1. The van der Waals surface area contributed by atoms with Gasteiger partial charge >= 0.3 is 5.97 Å². The quantitative estimate of drug-likeness (QED) is 0.522. The summed E-state index contributed by atoms with van der Waals surface area (Å²) in [6.07, 6.45) is 3.74. The van der Waals surface area contributed by atoms with E-state index in [4.69, 9.17) is 5.73 Å². The van der Waals surface area contributed by atoms with Gasteiger partial charge in [0.2, 0.25) is 11.8 Å². The van der Waals surface area contributed by atoms with Crippen molar-refractivity contribution in [3.8, 4) is 0 Å². The molecule has 8 heteroatoms. The van der Waals surface area contributed by atoms with Crippen LogP contribution >= 0.6 is 0 Å². The zero-order chi connectivity index (χ0) is 21.8. The summed E-state index contributed by atoms with van der Waals surface area (Å²) in [4.78, 5) is 41.9. The monoisotopic (exact) mass is 414 g/mol. The molecule has 30 heavy (non-hydrogen) atoms. The zero-order valence-electron chi connectivity index (χ0n) is 17.4. The highest BCUT2D eigenvalue weighted by atomic mass is 16.4. The van der Waals surface area contributed by atoms with Crippen molar-refractivity contribution in [1.29, 1.82) is 0 Å².